The number of rotatable bonds is 7. The molecule has 0 saturated carbocycles. The lowest BCUT2D eigenvalue weighted by atomic mass is 10.0. The number of thiocarbonyl (C=S) groups is 1. The van der Waals surface area contributed by atoms with Crippen molar-refractivity contribution in [3.63, 3.8) is 0 Å². The third-order valence-electron chi connectivity index (χ3n) is 2.69. The number of aryl methyl sites for hydroxylation is 1. The number of hydrogen-bond donors (Lipinski definition) is 2. The van der Waals surface area contributed by atoms with Crippen molar-refractivity contribution < 1.29 is 0 Å². The lowest BCUT2D eigenvalue weighted by Crippen LogP contribution is -2.20. The lowest BCUT2D eigenvalue weighted by molar-refractivity contribution is 0.874. The van der Waals surface area contributed by atoms with Crippen LogP contribution in [0.2, 0.25) is 0 Å². The lowest BCUT2D eigenvalue weighted by Gasteiger charge is -2.15. The maximum absolute atomic E-state index is 5.84. The fraction of sp³-hybridized carbons (Fsp3) is 0.583. The minimum absolute atomic E-state index is 0.392. The second kappa shape index (κ2) is 7.53. The Balaban J connectivity index is 3.13. The Hall–Kier alpha value is -0.880. The number of nitrogens with one attached hydrogen (secondary N) is 1. The van der Waals surface area contributed by atoms with Gasteiger partial charge >= 0.3 is 0 Å². The van der Waals surface area contributed by atoms with E-state index in [4.69, 9.17) is 18.0 Å². The summed E-state index contributed by atoms with van der Waals surface area (Å²) in [4.78, 5) is 0.392. The highest BCUT2D eigenvalue weighted by molar-refractivity contribution is 7.98. The van der Waals surface area contributed by atoms with Crippen molar-refractivity contribution in [3.05, 3.63) is 16.8 Å². The summed E-state index contributed by atoms with van der Waals surface area (Å²) in [7, 11) is 0. The van der Waals surface area contributed by atoms with Crippen molar-refractivity contribution in [1.29, 1.82) is 0 Å². The van der Waals surface area contributed by atoms with Gasteiger partial charge in [-0.15, -0.1) is 5.10 Å². The molecule has 0 aliphatic carbocycles. The summed E-state index contributed by atoms with van der Waals surface area (Å²) >= 11 is 6.93. The monoisotopic (exact) mass is 284 g/mol. The molecule has 1 aromatic rings. The van der Waals surface area contributed by atoms with Crippen LogP contribution in [-0.2, 0) is 12.8 Å². The van der Waals surface area contributed by atoms with Crippen molar-refractivity contribution in [1.82, 2.24) is 10.2 Å². The van der Waals surface area contributed by atoms with Crippen LogP contribution in [0.5, 0.6) is 0 Å². The molecule has 4 nitrogen and oxygen atoms in total. The van der Waals surface area contributed by atoms with Gasteiger partial charge in [-0.25, -0.2) is 0 Å². The predicted molar refractivity (Wildman–Crippen MR) is 83.5 cm³/mol. The maximum Gasteiger partial charge on any atom is 0.159 e. The SMILES string of the molecule is CCc1nnc(NCCSC)c(C(N)=S)c1CC. The molecule has 0 spiro atoms. The zero-order chi connectivity index (χ0) is 13.5. The summed E-state index contributed by atoms with van der Waals surface area (Å²) in [5.74, 6) is 1.72. The van der Waals surface area contributed by atoms with E-state index in [9.17, 15) is 0 Å². The van der Waals surface area contributed by atoms with E-state index < -0.39 is 0 Å². The standard InChI is InChI=1S/C12H20N4S2/c1-4-8-9(5-2)15-16-12(10(8)11(13)17)14-6-7-18-3/h4-7H2,1-3H3,(H2,13,17)(H,14,16). The molecular formula is C12H20N4S2. The molecular weight excluding hydrogens is 264 g/mol. The van der Waals surface area contributed by atoms with Crippen LogP contribution in [0, 0.1) is 0 Å². The van der Waals surface area contributed by atoms with Gasteiger partial charge in [-0.1, -0.05) is 26.1 Å². The van der Waals surface area contributed by atoms with Crippen LogP contribution in [0.15, 0.2) is 0 Å². The molecule has 0 saturated heterocycles. The topological polar surface area (TPSA) is 63.8 Å². The number of thioether (sulfide) groups is 1. The number of hydrogen-bond acceptors (Lipinski definition) is 5. The number of nitrogens with two attached hydrogens (primary N) is 1. The van der Waals surface area contributed by atoms with E-state index in [2.05, 4.69) is 35.6 Å². The summed E-state index contributed by atoms with van der Waals surface area (Å²) in [6.07, 6.45) is 3.78. The van der Waals surface area contributed by atoms with Gasteiger partial charge in [-0.2, -0.15) is 16.9 Å². The molecule has 0 fully saturated rings. The fourth-order valence-corrected chi connectivity index (χ4v) is 2.36. The third kappa shape index (κ3) is 3.55. The Morgan fingerprint density at radius 3 is 2.56 bits per heavy atom. The molecule has 18 heavy (non-hydrogen) atoms. The van der Waals surface area contributed by atoms with Gasteiger partial charge in [0.1, 0.15) is 4.99 Å². The Morgan fingerprint density at radius 1 is 1.33 bits per heavy atom. The maximum atomic E-state index is 5.84. The summed E-state index contributed by atoms with van der Waals surface area (Å²) in [6.45, 7) is 4.98. The summed E-state index contributed by atoms with van der Waals surface area (Å²) in [5.41, 5.74) is 8.80. The second-order valence-electron chi connectivity index (χ2n) is 3.84. The molecule has 100 valence electrons. The number of anilines is 1. The molecule has 6 heteroatoms. The van der Waals surface area contributed by atoms with Crippen LogP contribution in [0.3, 0.4) is 0 Å². The minimum atomic E-state index is 0.392. The van der Waals surface area contributed by atoms with E-state index in [-0.39, 0.29) is 0 Å². The summed E-state index contributed by atoms with van der Waals surface area (Å²) in [5, 5.41) is 11.7. The van der Waals surface area contributed by atoms with E-state index in [1.165, 1.54) is 0 Å². The molecule has 3 N–H and O–H groups in total. The highest BCUT2D eigenvalue weighted by Crippen LogP contribution is 2.20. The number of aromatic nitrogens is 2. The first-order valence-corrected chi connectivity index (χ1v) is 7.86. The summed E-state index contributed by atoms with van der Waals surface area (Å²) in [6, 6.07) is 0. The average Bonchev–Trinajstić information content (AvgIpc) is 2.37. The van der Waals surface area contributed by atoms with Gasteiger partial charge in [0.05, 0.1) is 11.3 Å². The largest absolute Gasteiger partial charge is 0.389 e. The zero-order valence-electron chi connectivity index (χ0n) is 11.1. The Kier molecular flexibility index (Phi) is 6.35. The van der Waals surface area contributed by atoms with Crippen molar-refractivity contribution in [3.8, 4) is 0 Å². The van der Waals surface area contributed by atoms with Gasteiger partial charge in [0, 0.05) is 12.3 Å². The van der Waals surface area contributed by atoms with E-state index in [1.54, 1.807) is 11.8 Å². The fourth-order valence-electron chi connectivity index (χ4n) is 1.83. The Labute approximate surface area is 118 Å². The smallest absolute Gasteiger partial charge is 0.159 e. The van der Waals surface area contributed by atoms with Crippen molar-refractivity contribution in [2.24, 2.45) is 5.73 Å². The van der Waals surface area contributed by atoms with Gasteiger partial charge in [0.15, 0.2) is 5.82 Å². The quantitative estimate of drug-likeness (QED) is 0.590. The molecule has 1 aromatic heterocycles. The van der Waals surface area contributed by atoms with Crippen molar-refractivity contribution >= 4 is 34.8 Å². The first kappa shape index (κ1) is 15.2. The second-order valence-corrected chi connectivity index (χ2v) is 5.27. The molecule has 0 aromatic carbocycles. The van der Waals surface area contributed by atoms with Gasteiger partial charge in [-0.05, 0) is 24.7 Å². The normalized spacial score (nSPS) is 10.4. The minimum Gasteiger partial charge on any atom is -0.389 e. The molecule has 0 aliphatic rings. The van der Waals surface area contributed by atoms with Crippen LogP contribution < -0.4 is 11.1 Å². The average molecular weight is 284 g/mol. The van der Waals surface area contributed by atoms with Gasteiger partial charge < -0.3 is 11.1 Å². The van der Waals surface area contributed by atoms with E-state index in [0.29, 0.717) is 10.8 Å². The van der Waals surface area contributed by atoms with Gasteiger partial charge in [0.25, 0.3) is 0 Å². The van der Waals surface area contributed by atoms with E-state index in [1.807, 2.05) is 0 Å². The Morgan fingerprint density at radius 2 is 2.06 bits per heavy atom. The van der Waals surface area contributed by atoms with Gasteiger partial charge in [-0.3, -0.25) is 0 Å². The van der Waals surface area contributed by atoms with Crippen LogP contribution >= 0.6 is 24.0 Å². The first-order valence-electron chi connectivity index (χ1n) is 6.06. The molecule has 0 bridgehead atoms. The van der Waals surface area contributed by atoms with Crippen LogP contribution in [0.25, 0.3) is 0 Å². The van der Waals surface area contributed by atoms with Gasteiger partial charge in [0.2, 0.25) is 0 Å². The Bertz CT molecular complexity index is 421. The highest BCUT2D eigenvalue weighted by Gasteiger charge is 2.16. The molecule has 0 atom stereocenters. The molecule has 1 rings (SSSR count). The zero-order valence-corrected chi connectivity index (χ0v) is 12.7. The van der Waals surface area contributed by atoms with Crippen molar-refractivity contribution in [2.45, 2.75) is 26.7 Å². The highest BCUT2D eigenvalue weighted by atomic mass is 32.2. The molecule has 0 aliphatic heterocycles. The molecule has 1 heterocycles. The number of nitrogens with zero attached hydrogens (tertiary/aromatic N) is 2. The van der Waals surface area contributed by atoms with E-state index >= 15 is 0 Å². The van der Waals surface area contributed by atoms with Crippen LogP contribution in [0.4, 0.5) is 5.82 Å². The molecule has 0 amide bonds. The first-order chi connectivity index (χ1) is 8.65. The van der Waals surface area contributed by atoms with E-state index in [0.717, 1.165) is 42.0 Å². The summed E-state index contributed by atoms with van der Waals surface area (Å²) < 4.78 is 0. The van der Waals surface area contributed by atoms with Crippen LogP contribution in [0.1, 0.15) is 30.7 Å². The molecule has 0 unspecified atom stereocenters. The van der Waals surface area contributed by atoms with Crippen molar-refractivity contribution in [2.75, 3.05) is 23.9 Å². The third-order valence-corrected chi connectivity index (χ3v) is 3.51. The predicted octanol–water partition coefficient (Wildman–Crippen LogP) is 2.01. The van der Waals surface area contributed by atoms with Crippen LogP contribution in [-0.4, -0.2) is 33.7 Å². The molecule has 0 radical (unpaired) electrons.